The molecular formula is C23H23N3O2S. The lowest BCUT2D eigenvalue weighted by Gasteiger charge is -2.07. The normalized spacial score (nSPS) is 11.0. The van der Waals surface area contributed by atoms with Crippen LogP contribution in [0.4, 0.5) is 5.69 Å². The Morgan fingerprint density at radius 1 is 1.14 bits per heavy atom. The fourth-order valence-corrected chi connectivity index (χ4v) is 4.33. The maximum absolute atomic E-state index is 12.4. The van der Waals surface area contributed by atoms with Gasteiger partial charge in [0.15, 0.2) is 4.96 Å². The highest BCUT2D eigenvalue weighted by Gasteiger charge is 2.12. The van der Waals surface area contributed by atoms with Crippen LogP contribution in [0.2, 0.25) is 0 Å². The summed E-state index contributed by atoms with van der Waals surface area (Å²) >= 11 is 1.59. The molecule has 0 aliphatic heterocycles. The molecule has 1 N–H and O–H groups in total. The largest absolute Gasteiger partial charge is 0.497 e. The van der Waals surface area contributed by atoms with Crippen molar-refractivity contribution in [3.8, 4) is 17.0 Å². The van der Waals surface area contributed by atoms with Gasteiger partial charge in [-0.3, -0.25) is 9.20 Å². The van der Waals surface area contributed by atoms with E-state index in [2.05, 4.69) is 21.2 Å². The first-order valence-electron chi connectivity index (χ1n) is 9.50. The molecule has 2 aromatic carbocycles. The van der Waals surface area contributed by atoms with E-state index in [1.54, 1.807) is 18.4 Å². The molecule has 0 saturated heterocycles. The van der Waals surface area contributed by atoms with Crippen LogP contribution in [0.1, 0.15) is 23.2 Å². The third-order valence-electron chi connectivity index (χ3n) is 4.78. The van der Waals surface area contributed by atoms with E-state index in [9.17, 15) is 4.79 Å². The summed E-state index contributed by atoms with van der Waals surface area (Å²) in [6.07, 6.45) is 3.12. The first-order valence-corrected chi connectivity index (χ1v) is 10.4. The number of aromatic nitrogens is 2. The first-order chi connectivity index (χ1) is 14.0. The van der Waals surface area contributed by atoms with Crippen molar-refractivity contribution in [1.82, 2.24) is 9.38 Å². The summed E-state index contributed by atoms with van der Waals surface area (Å²) < 4.78 is 7.29. The summed E-state index contributed by atoms with van der Waals surface area (Å²) in [5, 5.41) is 5.08. The van der Waals surface area contributed by atoms with E-state index < -0.39 is 0 Å². The average Bonchev–Trinajstić information content (AvgIpc) is 3.27. The number of hydrogen-bond donors (Lipinski definition) is 1. The zero-order valence-electron chi connectivity index (χ0n) is 16.7. The predicted octanol–water partition coefficient (Wildman–Crippen LogP) is 5.26. The highest BCUT2D eigenvalue weighted by Crippen LogP contribution is 2.26. The van der Waals surface area contributed by atoms with Gasteiger partial charge in [-0.2, -0.15) is 0 Å². The molecule has 5 nitrogen and oxygen atoms in total. The molecule has 0 saturated carbocycles. The van der Waals surface area contributed by atoms with Gasteiger partial charge >= 0.3 is 0 Å². The number of fused-ring (bicyclic) bond motifs is 1. The van der Waals surface area contributed by atoms with E-state index in [4.69, 9.17) is 9.72 Å². The quantitative estimate of drug-likeness (QED) is 0.476. The van der Waals surface area contributed by atoms with Crippen molar-refractivity contribution in [2.24, 2.45) is 0 Å². The van der Waals surface area contributed by atoms with Gasteiger partial charge in [-0.25, -0.2) is 4.98 Å². The standard InChI is InChI=1S/C23H23N3O2S/c1-15-10-16(2)12-18(11-15)24-22(27)9-6-19-14-29-23-25-21(13-26(19)23)17-4-7-20(28-3)8-5-17/h4-5,7-8,10-14H,6,9H2,1-3H3,(H,24,27). The molecule has 0 aliphatic carbocycles. The Balaban J connectivity index is 1.45. The van der Waals surface area contributed by atoms with Crippen molar-refractivity contribution in [2.75, 3.05) is 12.4 Å². The molecule has 2 heterocycles. The number of rotatable bonds is 6. The number of nitrogens with zero attached hydrogens (tertiary/aromatic N) is 2. The van der Waals surface area contributed by atoms with Crippen molar-refractivity contribution in [3.63, 3.8) is 0 Å². The number of amides is 1. The third-order valence-corrected chi connectivity index (χ3v) is 5.67. The van der Waals surface area contributed by atoms with Crippen LogP contribution in [0.15, 0.2) is 54.0 Å². The maximum Gasteiger partial charge on any atom is 0.224 e. The van der Waals surface area contributed by atoms with Crippen molar-refractivity contribution in [2.45, 2.75) is 26.7 Å². The Bertz CT molecular complexity index is 1140. The van der Waals surface area contributed by atoms with Gasteiger partial charge in [0, 0.05) is 34.9 Å². The SMILES string of the molecule is COc1ccc(-c2cn3c(CCC(=O)Nc4cc(C)cc(C)c4)csc3n2)cc1. The van der Waals surface area contributed by atoms with Crippen LogP contribution in [0.5, 0.6) is 5.75 Å². The number of carbonyl (C=O) groups is 1. The van der Waals surface area contributed by atoms with E-state index in [1.807, 2.05) is 56.4 Å². The van der Waals surface area contributed by atoms with E-state index in [0.717, 1.165) is 44.5 Å². The van der Waals surface area contributed by atoms with Gasteiger partial charge < -0.3 is 10.1 Å². The zero-order valence-corrected chi connectivity index (χ0v) is 17.5. The minimum atomic E-state index is 0.0184. The summed E-state index contributed by atoms with van der Waals surface area (Å²) in [6.45, 7) is 4.06. The summed E-state index contributed by atoms with van der Waals surface area (Å²) in [4.78, 5) is 18.1. The van der Waals surface area contributed by atoms with Crippen LogP contribution in [0, 0.1) is 13.8 Å². The number of imidazole rings is 1. The van der Waals surface area contributed by atoms with E-state index >= 15 is 0 Å². The molecule has 0 atom stereocenters. The van der Waals surface area contributed by atoms with Gasteiger partial charge in [-0.1, -0.05) is 6.07 Å². The predicted molar refractivity (Wildman–Crippen MR) is 118 cm³/mol. The van der Waals surface area contributed by atoms with Crippen LogP contribution < -0.4 is 10.1 Å². The zero-order chi connectivity index (χ0) is 20.4. The van der Waals surface area contributed by atoms with Gasteiger partial charge in [0.1, 0.15) is 5.75 Å². The average molecular weight is 406 g/mol. The summed E-state index contributed by atoms with van der Waals surface area (Å²) in [6, 6.07) is 13.9. The smallest absolute Gasteiger partial charge is 0.224 e. The summed E-state index contributed by atoms with van der Waals surface area (Å²) in [7, 11) is 1.66. The second kappa shape index (κ2) is 8.09. The molecule has 6 heteroatoms. The van der Waals surface area contributed by atoms with Crippen LogP contribution in [0.25, 0.3) is 16.2 Å². The number of methoxy groups -OCH3 is 1. The monoisotopic (exact) mass is 405 g/mol. The maximum atomic E-state index is 12.4. The Kier molecular flexibility index (Phi) is 5.36. The Hall–Kier alpha value is -3.12. The minimum absolute atomic E-state index is 0.0184. The van der Waals surface area contributed by atoms with E-state index in [-0.39, 0.29) is 5.91 Å². The molecule has 0 bridgehead atoms. The lowest BCUT2D eigenvalue weighted by Crippen LogP contribution is -2.13. The molecular weight excluding hydrogens is 382 g/mol. The van der Waals surface area contributed by atoms with Crippen molar-refractivity contribution in [1.29, 1.82) is 0 Å². The molecule has 29 heavy (non-hydrogen) atoms. The number of nitrogens with one attached hydrogen (secondary N) is 1. The van der Waals surface area contributed by atoms with Gasteiger partial charge in [-0.15, -0.1) is 11.3 Å². The second-order valence-corrected chi connectivity index (χ2v) is 8.00. The van der Waals surface area contributed by atoms with Gasteiger partial charge in [0.25, 0.3) is 0 Å². The van der Waals surface area contributed by atoms with Gasteiger partial charge in [0.05, 0.1) is 12.8 Å². The third kappa shape index (κ3) is 4.32. The molecule has 0 unspecified atom stereocenters. The number of hydrogen-bond acceptors (Lipinski definition) is 4. The molecule has 4 rings (SSSR count). The Labute approximate surface area is 174 Å². The van der Waals surface area contributed by atoms with Crippen molar-refractivity contribution < 1.29 is 9.53 Å². The number of carbonyl (C=O) groups excluding carboxylic acids is 1. The molecule has 0 radical (unpaired) electrons. The second-order valence-electron chi connectivity index (χ2n) is 7.16. The highest BCUT2D eigenvalue weighted by atomic mass is 32.1. The Morgan fingerprint density at radius 2 is 1.86 bits per heavy atom. The molecule has 148 valence electrons. The first kappa shape index (κ1) is 19.2. The summed E-state index contributed by atoms with van der Waals surface area (Å²) in [5.41, 5.74) is 6.19. The molecule has 2 aromatic heterocycles. The van der Waals surface area contributed by atoms with Crippen molar-refractivity contribution in [3.05, 3.63) is 70.9 Å². The fraction of sp³-hybridized carbons (Fsp3) is 0.217. The van der Waals surface area contributed by atoms with Crippen molar-refractivity contribution >= 4 is 27.9 Å². The molecule has 0 fully saturated rings. The summed E-state index contributed by atoms with van der Waals surface area (Å²) in [5.74, 6) is 0.843. The minimum Gasteiger partial charge on any atom is -0.497 e. The van der Waals surface area contributed by atoms with E-state index in [1.165, 1.54) is 0 Å². The van der Waals surface area contributed by atoms with Gasteiger partial charge in [-0.05, 0) is 67.8 Å². The number of benzene rings is 2. The van der Waals surface area contributed by atoms with Crippen LogP contribution in [-0.4, -0.2) is 22.4 Å². The molecule has 0 aliphatic rings. The fourth-order valence-electron chi connectivity index (χ4n) is 3.42. The topological polar surface area (TPSA) is 55.6 Å². The van der Waals surface area contributed by atoms with E-state index in [0.29, 0.717) is 12.8 Å². The lowest BCUT2D eigenvalue weighted by molar-refractivity contribution is -0.116. The molecule has 4 aromatic rings. The molecule has 1 amide bonds. The lowest BCUT2D eigenvalue weighted by atomic mass is 10.1. The number of anilines is 1. The molecule has 0 spiro atoms. The Morgan fingerprint density at radius 3 is 2.55 bits per heavy atom. The number of ether oxygens (including phenoxy) is 1. The number of aryl methyl sites for hydroxylation is 3. The van der Waals surface area contributed by atoms with Crippen LogP contribution >= 0.6 is 11.3 Å². The van der Waals surface area contributed by atoms with Crippen LogP contribution in [0.3, 0.4) is 0 Å². The number of thiazole rings is 1. The highest BCUT2D eigenvalue weighted by molar-refractivity contribution is 7.15. The van der Waals surface area contributed by atoms with Gasteiger partial charge in [0.2, 0.25) is 5.91 Å². The van der Waals surface area contributed by atoms with Crippen LogP contribution in [-0.2, 0) is 11.2 Å².